The maximum Gasteiger partial charge on any atom is 0.573 e. The number of nitrogens with zero attached hydrogens (tertiary/aromatic N) is 3. The average Bonchev–Trinajstić information content (AvgIpc) is 3.40. The average molecular weight is 1120 g/mol. The summed E-state index contributed by atoms with van der Waals surface area (Å²) in [4.78, 5) is 39.6. The van der Waals surface area contributed by atoms with E-state index >= 15 is 0 Å². The van der Waals surface area contributed by atoms with E-state index in [0.717, 1.165) is 63.1 Å². The number of hydrogen-bond acceptors (Lipinski definition) is 11. The minimum absolute atomic E-state index is 0.0194. The Hall–Kier alpha value is -6.49. The van der Waals surface area contributed by atoms with Gasteiger partial charge in [0.05, 0.1) is 28.3 Å². The molecule has 2 saturated carbocycles. The highest BCUT2D eigenvalue weighted by Gasteiger charge is 2.35. The largest absolute Gasteiger partial charge is 0.573 e. The zero-order chi connectivity index (χ0) is 57.1. The highest BCUT2D eigenvalue weighted by atomic mass is 19.4. The van der Waals surface area contributed by atoms with E-state index in [-0.39, 0.29) is 84.0 Å². The van der Waals surface area contributed by atoms with Crippen molar-refractivity contribution in [3.63, 3.8) is 0 Å². The zero-order valence-corrected chi connectivity index (χ0v) is 44.3. The minimum atomic E-state index is -4.73. The summed E-state index contributed by atoms with van der Waals surface area (Å²) in [6.45, 7) is 6.92. The fourth-order valence-corrected chi connectivity index (χ4v) is 10.5. The number of carbonyl (C=O) groups is 2. The molecule has 8 rings (SSSR count). The lowest BCUT2D eigenvalue weighted by Crippen LogP contribution is -2.44. The van der Waals surface area contributed by atoms with E-state index in [1.54, 1.807) is 36.1 Å². The molecule has 4 fully saturated rings. The van der Waals surface area contributed by atoms with Crippen LogP contribution in [0.15, 0.2) is 78.9 Å². The molecule has 432 valence electrons. The van der Waals surface area contributed by atoms with Gasteiger partial charge in [-0.25, -0.2) is 0 Å². The molecule has 0 bridgehead atoms. The number of nitro groups is 1. The lowest BCUT2D eigenvalue weighted by Gasteiger charge is -2.34. The van der Waals surface area contributed by atoms with Gasteiger partial charge < -0.3 is 45.3 Å². The summed E-state index contributed by atoms with van der Waals surface area (Å²) in [6.07, 6.45) is -4.81. The van der Waals surface area contributed by atoms with Crippen LogP contribution >= 0.6 is 0 Å². The molecule has 2 saturated heterocycles. The van der Waals surface area contributed by atoms with Gasteiger partial charge in [0.15, 0.2) is 0 Å². The molecule has 23 heteroatoms. The SMILES string of the molecule is Cc1cc(NC2CCN(C(=O)COC3CCC(Nc4ccc(C)c(C(F)(F)F)c4)CC3)CC2)ccc1[N+](=O)[O-].Cc1ccc(NC2CCC(OCC(=O)N3CCC(Nc4ccc(OC(F)(F)F)cc4)CC3)CC2)cc1C(F)(F)F. The fourth-order valence-electron chi connectivity index (χ4n) is 10.5. The van der Waals surface area contributed by atoms with Crippen LogP contribution in [0.2, 0.25) is 0 Å². The van der Waals surface area contributed by atoms with Gasteiger partial charge in [0.1, 0.15) is 19.0 Å². The molecular formula is C56H68F9N7O7. The van der Waals surface area contributed by atoms with Crippen LogP contribution in [0.5, 0.6) is 5.75 Å². The minimum Gasteiger partial charge on any atom is -0.406 e. The van der Waals surface area contributed by atoms with Crippen LogP contribution in [0.25, 0.3) is 0 Å². The van der Waals surface area contributed by atoms with Gasteiger partial charge in [0.25, 0.3) is 5.69 Å². The molecule has 4 aromatic carbocycles. The van der Waals surface area contributed by atoms with Gasteiger partial charge in [0, 0.05) is 84.7 Å². The third kappa shape index (κ3) is 18.3. The number of benzene rings is 4. The van der Waals surface area contributed by atoms with Crippen molar-refractivity contribution in [1.29, 1.82) is 0 Å². The quantitative estimate of drug-likeness (QED) is 0.0480. The Balaban J connectivity index is 0.000000229. The summed E-state index contributed by atoms with van der Waals surface area (Å²) >= 11 is 0. The molecular weight excluding hydrogens is 1050 g/mol. The highest BCUT2D eigenvalue weighted by Crippen LogP contribution is 2.37. The number of alkyl halides is 9. The summed E-state index contributed by atoms with van der Waals surface area (Å²) < 4.78 is 132. The van der Waals surface area contributed by atoms with E-state index in [4.69, 9.17) is 9.47 Å². The number of amides is 2. The lowest BCUT2D eigenvalue weighted by molar-refractivity contribution is -0.385. The first-order valence-electron chi connectivity index (χ1n) is 26.7. The summed E-state index contributed by atoms with van der Waals surface area (Å²) in [5.41, 5.74) is 2.25. The van der Waals surface area contributed by atoms with E-state index in [0.29, 0.717) is 74.5 Å². The van der Waals surface area contributed by atoms with Gasteiger partial charge in [-0.2, -0.15) is 26.3 Å². The fraction of sp³-hybridized carbons (Fsp3) is 0.536. The Labute approximate surface area is 453 Å². The molecule has 0 aromatic heterocycles. The predicted octanol–water partition coefficient (Wildman–Crippen LogP) is 12.8. The Morgan fingerprint density at radius 3 is 1.23 bits per heavy atom. The molecule has 4 N–H and O–H groups in total. The summed E-state index contributed by atoms with van der Waals surface area (Å²) in [7, 11) is 0. The monoisotopic (exact) mass is 1120 g/mol. The van der Waals surface area contributed by atoms with Crippen LogP contribution < -0.4 is 26.0 Å². The second-order valence-electron chi connectivity index (χ2n) is 20.8. The number of halogens is 9. The van der Waals surface area contributed by atoms with Gasteiger partial charge in [-0.15, -0.1) is 13.2 Å². The van der Waals surface area contributed by atoms with Crippen molar-refractivity contribution in [2.75, 3.05) is 60.7 Å². The first-order chi connectivity index (χ1) is 37.3. The summed E-state index contributed by atoms with van der Waals surface area (Å²) in [6, 6.07) is 19.5. The number of anilines is 4. The molecule has 4 aromatic rings. The predicted molar refractivity (Wildman–Crippen MR) is 281 cm³/mol. The highest BCUT2D eigenvalue weighted by molar-refractivity contribution is 5.78. The van der Waals surface area contributed by atoms with Gasteiger partial charge >= 0.3 is 18.7 Å². The number of nitro benzene ring substituents is 1. The smallest absolute Gasteiger partial charge is 0.406 e. The van der Waals surface area contributed by atoms with Crippen molar-refractivity contribution in [1.82, 2.24) is 9.80 Å². The number of carbonyl (C=O) groups excluding carboxylic acids is 2. The maximum atomic E-state index is 13.2. The van der Waals surface area contributed by atoms with Crippen LogP contribution in [0.4, 0.5) is 68.0 Å². The Kier molecular flexibility index (Phi) is 20.3. The molecule has 0 spiro atoms. The van der Waals surface area contributed by atoms with Gasteiger partial charge in [-0.1, -0.05) is 12.1 Å². The number of piperidine rings is 2. The molecule has 4 aliphatic rings. The Morgan fingerprint density at radius 1 is 0.506 bits per heavy atom. The third-order valence-electron chi connectivity index (χ3n) is 15.0. The second kappa shape index (κ2) is 26.6. The standard InChI is InChI=1S/C28H33F6N3O3.C28H35F3N4O4/c1-18-2-3-22(16-25(18)27(29,30)31)36-20-4-8-23(9-5-20)39-17-26(38)37-14-12-21(13-15-37)35-19-6-10-24(11-7-19)40-28(32,33)34;1-18-3-4-23(16-25(18)28(29,30)31)32-20-5-8-24(9-6-20)39-17-27(36)34-13-11-21(12-14-34)33-22-7-10-26(35(37)38)19(2)15-22/h2-3,6-7,10-11,16,20-21,23,35-36H,4-5,8-9,12-15,17H2,1H3;3-4,7,10,15-16,20-21,24,32-33H,5-6,8-9,11-14,17H2,1-2H3. The van der Waals surface area contributed by atoms with Gasteiger partial charge in [-0.05, 0) is 170 Å². The van der Waals surface area contributed by atoms with E-state index in [9.17, 15) is 59.2 Å². The van der Waals surface area contributed by atoms with E-state index < -0.39 is 34.8 Å². The third-order valence-corrected chi connectivity index (χ3v) is 15.0. The summed E-state index contributed by atoms with van der Waals surface area (Å²) in [5, 5.41) is 24.1. The van der Waals surface area contributed by atoms with Gasteiger partial charge in [-0.3, -0.25) is 19.7 Å². The van der Waals surface area contributed by atoms with Crippen molar-refractivity contribution in [3.8, 4) is 5.75 Å². The molecule has 0 unspecified atom stereocenters. The van der Waals surface area contributed by atoms with Crippen molar-refractivity contribution < 1.29 is 68.2 Å². The van der Waals surface area contributed by atoms with Crippen LogP contribution in [0.1, 0.15) is 105 Å². The number of aryl methyl sites for hydroxylation is 3. The van der Waals surface area contributed by atoms with Gasteiger partial charge in [0.2, 0.25) is 11.8 Å². The van der Waals surface area contributed by atoms with E-state index in [1.807, 2.05) is 4.90 Å². The molecule has 0 atom stereocenters. The number of ether oxygens (including phenoxy) is 3. The Bertz CT molecular complexity index is 2660. The molecule has 79 heavy (non-hydrogen) atoms. The normalized spacial score (nSPS) is 20.6. The first kappa shape index (κ1) is 60.2. The number of hydrogen-bond donors (Lipinski definition) is 4. The second-order valence-corrected chi connectivity index (χ2v) is 20.8. The molecule has 0 radical (unpaired) electrons. The van der Waals surface area contributed by atoms with Crippen molar-refractivity contribution >= 4 is 40.3 Å². The van der Waals surface area contributed by atoms with Crippen LogP contribution in [-0.4, -0.2) is 109 Å². The zero-order valence-electron chi connectivity index (χ0n) is 44.3. The van der Waals surface area contributed by atoms with Crippen molar-refractivity contribution in [2.24, 2.45) is 0 Å². The van der Waals surface area contributed by atoms with Crippen molar-refractivity contribution in [2.45, 2.75) is 153 Å². The number of likely N-dealkylation sites (tertiary alicyclic amines) is 2. The first-order valence-corrected chi connectivity index (χ1v) is 26.7. The van der Waals surface area contributed by atoms with Crippen LogP contribution in [0.3, 0.4) is 0 Å². The number of rotatable bonds is 16. The molecule has 2 heterocycles. The molecule has 2 aliphatic carbocycles. The Morgan fingerprint density at radius 2 is 0.861 bits per heavy atom. The lowest BCUT2D eigenvalue weighted by atomic mass is 9.92. The van der Waals surface area contributed by atoms with Crippen molar-refractivity contribution in [3.05, 3.63) is 117 Å². The summed E-state index contributed by atoms with van der Waals surface area (Å²) in [5.74, 6) is -0.417. The number of nitrogens with one attached hydrogen (secondary N) is 4. The van der Waals surface area contributed by atoms with E-state index in [1.165, 1.54) is 62.4 Å². The molecule has 2 amide bonds. The van der Waals surface area contributed by atoms with Crippen LogP contribution in [0, 0.1) is 30.9 Å². The topological polar surface area (TPSA) is 160 Å². The van der Waals surface area contributed by atoms with E-state index in [2.05, 4.69) is 26.0 Å². The molecule has 2 aliphatic heterocycles. The van der Waals surface area contributed by atoms with Crippen LogP contribution in [-0.2, 0) is 31.4 Å². The maximum absolute atomic E-state index is 13.2. The molecule has 14 nitrogen and oxygen atoms in total.